The van der Waals surface area contributed by atoms with Gasteiger partial charge < -0.3 is 5.11 Å². The number of benzene rings is 2. The lowest BCUT2D eigenvalue weighted by Gasteiger charge is -2.02. The van der Waals surface area contributed by atoms with E-state index < -0.39 is 0 Å². The molecule has 1 N–H and O–H groups in total. The lowest BCUT2D eigenvalue weighted by Crippen LogP contribution is -1.81. The molecule has 2 aromatic carbocycles. The molecule has 0 amide bonds. The SMILES string of the molecule is C=Cc1ccc(CN=Nc2ccc(O)c3ncccc23)cc1. The van der Waals surface area contributed by atoms with Gasteiger partial charge in [-0.1, -0.05) is 36.9 Å². The van der Waals surface area contributed by atoms with Gasteiger partial charge in [0.25, 0.3) is 0 Å². The Hall–Kier alpha value is -3.01. The number of hydrogen-bond acceptors (Lipinski definition) is 4. The molecule has 0 fully saturated rings. The van der Waals surface area contributed by atoms with Crippen LogP contribution in [-0.2, 0) is 6.54 Å². The molecule has 0 radical (unpaired) electrons. The Kier molecular flexibility index (Phi) is 3.92. The number of nitrogens with zero attached hydrogens (tertiary/aromatic N) is 3. The fraction of sp³-hybridized carbons (Fsp3) is 0.0556. The Morgan fingerprint density at radius 2 is 1.91 bits per heavy atom. The van der Waals surface area contributed by atoms with Gasteiger partial charge in [0, 0.05) is 11.6 Å². The van der Waals surface area contributed by atoms with Gasteiger partial charge in [-0.15, -0.1) is 0 Å². The number of aromatic hydroxyl groups is 1. The van der Waals surface area contributed by atoms with Crippen molar-refractivity contribution in [2.45, 2.75) is 6.54 Å². The first-order valence-electron chi connectivity index (χ1n) is 6.93. The third-order valence-corrected chi connectivity index (χ3v) is 3.37. The van der Waals surface area contributed by atoms with Gasteiger partial charge >= 0.3 is 0 Å². The Labute approximate surface area is 128 Å². The number of phenols is 1. The van der Waals surface area contributed by atoms with Crippen molar-refractivity contribution in [2.24, 2.45) is 10.2 Å². The zero-order valence-corrected chi connectivity index (χ0v) is 12.0. The highest BCUT2D eigenvalue weighted by Gasteiger charge is 2.05. The van der Waals surface area contributed by atoms with Gasteiger partial charge in [-0.2, -0.15) is 10.2 Å². The smallest absolute Gasteiger partial charge is 0.141 e. The quantitative estimate of drug-likeness (QED) is 0.697. The molecule has 0 aliphatic heterocycles. The van der Waals surface area contributed by atoms with Gasteiger partial charge in [0.2, 0.25) is 0 Å². The summed E-state index contributed by atoms with van der Waals surface area (Å²) in [5.41, 5.74) is 3.39. The number of pyridine rings is 1. The Balaban J connectivity index is 1.83. The van der Waals surface area contributed by atoms with E-state index in [1.807, 2.05) is 36.4 Å². The molecule has 0 aliphatic carbocycles. The van der Waals surface area contributed by atoms with Crippen molar-refractivity contribution in [1.29, 1.82) is 0 Å². The minimum Gasteiger partial charge on any atom is -0.506 e. The van der Waals surface area contributed by atoms with Gasteiger partial charge in [-0.05, 0) is 35.4 Å². The molecule has 4 heteroatoms. The predicted molar refractivity (Wildman–Crippen MR) is 88.2 cm³/mol. The maximum atomic E-state index is 9.81. The average Bonchev–Trinajstić information content (AvgIpc) is 2.58. The number of fused-ring (bicyclic) bond motifs is 1. The molecular weight excluding hydrogens is 274 g/mol. The Bertz CT molecular complexity index is 839. The molecule has 22 heavy (non-hydrogen) atoms. The lowest BCUT2D eigenvalue weighted by atomic mass is 10.1. The highest BCUT2D eigenvalue weighted by atomic mass is 16.3. The molecule has 0 unspecified atom stereocenters. The van der Waals surface area contributed by atoms with Crippen LogP contribution in [0.1, 0.15) is 11.1 Å². The van der Waals surface area contributed by atoms with E-state index in [0.29, 0.717) is 17.7 Å². The summed E-state index contributed by atoms with van der Waals surface area (Å²) in [5, 5.41) is 19.1. The third-order valence-electron chi connectivity index (χ3n) is 3.37. The highest BCUT2D eigenvalue weighted by molar-refractivity contribution is 5.93. The number of hydrogen-bond donors (Lipinski definition) is 1. The Morgan fingerprint density at radius 3 is 2.68 bits per heavy atom. The van der Waals surface area contributed by atoms with Crippen molar-refractivity contribution >= 4 is 22.7 Å². The number of azo groups is 1. The first-order valence-corrected chi connectivity index (χ1v) is 6.93. The molecular formula is C18H15N3O. The largest absolute Gasteiger partial charge is 0.506 e. The van der Waals surface area contributed by atoms with Crippen molar-refractivity contribution < 1.29 is 5.11 Å². The molecule has 3 rings (SSSR count). The first-order chi connectivity index (χ1) is 10.8. The first kappa shape index (κ1) is 13.9. The fourth-order valence-electron chi connectivity index (χ4n) is 2.18. The number of rotatable bonds is 4. The van der Waals surface area contributed by atoms with E-state index in [-0.39, 0.29) is 5.75 Å². The van der Waals surface area contributed by atoms with Crippen LogP contribution in [0.25, 0.3) is 17.0 Å². The molecule has 0 bridgehead atoms. The average molecular weight is 289 g/mol. The van der Waals surface area contributed by atoms with Crippen LogP contribution in [0, 0.1) is 0 Å². The fourth-order valence-corrected chi connectivity index (χ4v) is 2.18. The van der Waals surface area contributed by atoms with Gasteiger partial charge in [-0.3, -0.25) is 4.98 Å². The predicted octanol–water partition coefficient (Wildman–Crippen LogP) is 4.87. The van der Waals surface area contributed by atoms with Gasteiger partial charge in [0.05, 0.1) is 12.2 Å². The summed E-state index contributed by atoms with van der Waals surface area (Å²) >= 11 is 0. The van der Waals surface area contributed by atoms with Crippen LogP contribution in [-0.4, -0.2) is 10.1 Å². The van der Waals surface area contributed by atoms with Crippen LogP contribution in [0.4, 0.5) is 5.69 Å². The maximum Gasteiger partial charge on any atom is 0.141 e. The summed E-state index contributed by atoms with van der Waals surface area (Å²) < 4.78 is 0. The molecule has 0 aliphatic rings. The zero-order chi connectivity index (χ0) is 15.4. The van der Waals surface area contributed by atoms with Crippen LogP contribution >= 0.6 is 0 Å². The summed E-state index contributed by atoms with van der Waals surface area (Å²) in [6.45, 7) is 4.23. The minimum absolute atomic E-state index is 0.148. The van der Waals surface area contributed by atoms with E-state index in [4.69, 9.17) is 0 Å². The van der Waals surface area contributed by atoms with E-state index in [1.54, 1.807) is 24.4 Å². The molecule has 1 aromatic heterocycles. The van der Waals surface area contributed by atoms with Crippen LogP contribution < -0.4 is 0 Å². The normalized spacial score (nSPS) is 11.1. The van der Waals surface area contributed by atoms with Crippen LogP contribution in [0.3, 0.4) is 0 Å². The highest BCUT2D eigenvalue weighted by Crippen LogP contribution is 2.31. The second-order valence-electron chi connectivity index (χ2n) is 4.85. The minimum atomic E-state index is 0.148. The molecule has 0 saturated heterocycles. The van der Waals surface area contributed by atoms with E-state index in [1.165, 1.54) is 0 Å². The van der Waals surface area contributed by atoms with Gasteiger partial charge in [-0.25, -0.2) is 0 Å². The van der Waals surface area contributed by atoms with Gasteiger partial charge in [0.15, 0.2) is 0 Å². The topological polar surface area (TPSA) is 57.8 Å². The summed E-state index contributed by atoms with van der Waals surface area (Å²) in [4.78, 5) is 4.17. The van der Waals surface area contributed by atoms with E-state index in [2.05, 4.69) is 21.8 Å². The monoisotopic (exact) mass is 289 g/mol. The number of phenolic OH excluding ortho intramolecular Hbond substituents is 1. The van der Waals surface area contributed by atoms with Gasteiger partial charge in [0.1, 0.15) is 11.3 Å². The molecule has 1 heterocycles. The number of aromatic nitrogens is 1. The standard InChI is InChI=1S/C18H15N3O/c1-2-13-5-7-14(8-6-13)12-20-21-16-9-10-17(22)18-15(16)4-3-11-19-18/h2-11,22H,1,12H2. The second kappa shape index (κ2) is 6.18. The van der Waals surface area contributed by atoms with Crippen LogP contribution in [0.5, 0.6) is 5.75 Å². The van der Waals surface area contributed by atoms with Crippen molar-refractivity contribution in [3.63, 3.8) is 0 Å². The van der Waals surface area contributed by atoms with Crippen molar-refractivity contribution in [2.75, 3.05) is 0 Å². The van der Waals surface area contributed by atoms with Crippen LogP contribution in [0.2, 0.25) is 0 Å². The molecule has 0 spiro atoms. The van der Waals surface area contributed by atoms with E-state index in [0.717, 1.165) is 16.5 Å². The molecule has 0 saturated carbocycles. The molecule has 108 valence electrons. The molecule has 3 aromatic rings. The Morgan fingerprint density at radius 1 is 1.09 bits per heavy atom. The summed E-state index contributed by atoms with van der Waals surface area (Å²) in [6, 6.07) is 15.0. The lowest BCUT2D eigenvalue weighted by molar-refractivity contribution is 0.480. The molecule has 0 atom stereocenters. The van der Waals surface area contributed by atoms with E-state index in [9.17, 15) is 5.11 Å². The van der Waals surface area contributed by atoms with Crippen molar-refractivity contribution in [3.05, 3.63) is 72.4 Å². The summed E-state index contributed by atoms with van der Waals surface area (Å²) in [6.07, 6.45) is 3.45. The summed E-state index contributed by atoms with van der Waals surface area (Å²) in [5.74, 6) is 0.148. The van der Waals surface area contributed by atoms with E-state index >= 15 is 0 Å². The zero-order valence-electron chi connectivity index (χ0n) is 12.0. The van der Waals surface area contributed by atoms with Crippen molar-refractivity contribution in [3.8, 4) is 5.75 Å². The molecule has 4 nitrogen and oxygen atoms in total. The third kappa shape index (κ3) is 2.86. The maximum absolute atomic E-state index is 9.81. The summed E-state index contributed by atoms with van der Waals surface area (Å²) in [7, 11) is 0. The van der Waals surface area contributed by atoms with Crippen LogP contribution in [0.15, 0.2) is 71.5 Å². The second-order valence-corrected chi connectivity index (χ2v) is 4.85. The van der Waals surface area contributed by atoms with Crippen molar-refractivity contribution in [1.82, 2.24) is 4.98 Å².